The minimum absolute atomic E-state index is 0.634. The predicted molar refractivity (Wildman–Crippen MR) is 90.7 cm³/mol. The molecule has 2 rings (SSSR count). The molecule has 20 heavy (non-hydrogen) atoms. The Morgan fingerprint density at radius 3 is 2.55 bits per heavy atom. The lowest BCUT2D eigenvalue weighted by Crippen LogP contribution is -2.46. The van der Waals surface area contributed by atoms with Gasteiger partial charge >= 0.3 is 0 Å². The van der Waals surface area contributed by atoms with Crippen LogP contribution in [0.15, 0.2) is 29.2 Å². The van der Waals surface area contributed by atoms with Gasteiger partial charge in [0.15, 0.2) is 0 Å². The second-order valence-electron chi connectivity index (χ2n) is 6.15. The Hall–Kier alpha value is -0.180. The third kappa shape index (κ3) is 4.41. The lowest BCUT2D eigenvalue weighted by molar-refractivity contribution is 0.249. The molecule has 1 fully saturated rings. The van der Waals surface area contributed by atoms with Crippen molar-refractivity contribution in [1.29, 1.82) is 0 Å². The summed E-state index contributed by atoms with van der Waals surface area (Å²) in [6.45, 7) is 8.16. The summed E-state index contributed by atoms with van der Waals surface area (Å²) >= 11 is 8.00. The van der Waals surface area contributed by atoms with Gasteiger partial charge in [-0.15, -0.1) is 11.8 Å². The van der Waals surface area contributed by atoms with E-state index in [0.29, 0.717) is 11.3 Å². The van der Waals surface area contributed by atoms with Crippen LogP contribution in [0.1, 0.15) is 40.0 Å². The van der Waals surface area contributed by atoms with Crippen LogP contribution < -0.4 is 5.32 Å². The van der Waals surface area contributed by atoms with Crippen molar-refractivity contribution >= 4 is 23.4 Å². The maximum absolute atomic E-state index is 5.98. The van der Waals surface area contributed by atoms with E-state index in [1.54, 1.807) is 0 Å². The van der Waals surface area contributed by atoms with Crippen molar-refractivity contribution in [2.45, 2.75) is 56.2 Å². The van der Waals surface area contributed by atoms with E-state index < -0.39 is 0 Å². The molecule has 0 heterocycles. The summed E-state index contributed by atoms with van der Waals surface area (Å²) in [6, 6.07) is 8.92. The van der Waals surface area contributed by atoms with Crippen molar-refractivity contribution in [2.75, 3.05) is 6.54 Å². The molecule has 1 saturated carbocycles. The van der Waals surface area contributed by atoms with E-state index in [-0.39, 0.29) is 0 Å². The quantitative estimate of drug-likeness (QED) is 0.798. The summed E-state index contributed by atoms with van der Waals surface area (Å²) in [5.74, 6) is 1.59. The second-order valence-corrected chi connectivity index (χ2v) is 7.84. The van der Waals surface area contributed by atoms with Crippen molar-refractivity contribution < 1.29 is 0 Å². The van der Waals surface area contributed by atoms with Crippen molar-refractivity contribution in [3.63, 3.8) is 0 Å². The van der Waals surface area contributed by atoms with Gasteiger partial charge in [-0.2, -0.15) is 0 Å². The fourth-order valence-corrected chi connectivity index (χ4v) is 4.68. The van der Waals surface area contributed by atoms with Crippen molar-refractivity contribution in [3.8, 4) is 0 Å². The third-order valence-electron chi connectivity index (χ3n) is 4.13. The molecule has 4 unspecified atom stereocenters. The Morgan fingerprint density at radius 2 is 1.90 bits per heavy atom. The minimum Gasteiger partial charge on any atom is -0.313 e. The smallest absolute Gasteiger partial charge is 0.0406 e. The molecule has 0 saturated heterocycles. The van der Waals surface area contributed by atoms with Gasteiger partial charge in [0.05, 0.1) is 0 Å². The maximum atomic E-state index is 5.98. The van der Waals surface area contributed by atoms with Crippen LogP contribution in [0.2, 0.25) is 5.02 Å². The molecule has 1 nitrogen and oxygen atoms in total. The zero-order valence-electron chi connectivity index (χ0n) is 12.7. The number of hydrogen-bond acceptors (Lipinski definition) is 2. The highest BCUT2D eigenvalue weighted by Crippen LogP contribution is 2.39. The van der Waals surface area contributed by atoms with Crippen LogP contribution in [-0.2, 0) is 0 Å². The molecule has 1 N–H and O–H groups in total. The van der Waals surface area contributed by atoms with E-state index in [2.05, 4.69) is 38.2 Å². The summed E-state index contributed by atoms with van der Waals surface area (Å²) in [5, 5.41) is 5.25. The molecular formula is C17H26ClNS. The molecule has 1 aliphatic carbocycles. The van der Waals surface area contributed by atoms with E-state index >= 15 is 0 Å². The average Bonchev–Trinajstić information content (AvgIpc) is 2.42. The predicted octanol–water partition coefficient (Wildman–Crippen LogP) is 5.23. The van der Waals surface area contributed by atoms with E-state index in [1.807, 2.05) is 23.9 Å². The van der Waals surface area contributed by atoms with Crippen LogP contribution in [0.5, 0.6) is 0 Å². The summed E-state index contributed by atoms with van der Waals surface area (Å²) in [4.78, 5) is 1.34. The van der Waals surface area contributed by atoms with E-state index in [0.717, 1.165) is 23.4 Å². The molecule has 0 amide bonds. The first-order valence-corrected chi connectivity index (χ1v) is 9.01. The zero-order valence-corrected chi connectivity index (χ0v) is 14.3. The highest BCUT2D eigenvalue weighted by atomic mass is 35.5. The first-order chi connectivity index (χ1) is 9.60. The topological polar surface area (TPSA) is 12.0 Å². The third-order valence-corrected chi connectivity index (χ3v) is 5.99. The lowest BCUT2D eigenvalue weighted by Gasteiger charge is -2.40. The Balaban J connectivity index is 2.05. The highest BCUT2D eigenvalue weighted by molar-refractivity contribution is 8.00. The Labute approximate surface area is 132 Å². The molecule has 0 spiro atoms. The minimum atomic E-state index is 0.634. The summed E-state index contributed by atoms with van der Waals surface area (Å²) in [5.41, 5.74) is 0. The zero-order chi connectivity index (χ0) is 14.5. The van der Waals surface area contributed by atoms with Gasteiger partial charge in [0.25, 0.3) is 0 Å². The van der Waals surface area contributed by atoms with Gasteiger partial charge < -0.3 is 5.32 Å². The lowest BCUT2D eigenvalue weighted by atomic mass is 9.80. The van der Waals surface area contributed by atoms with E-state index in [1.165, 1.54) is 24.2 Å². The second kappa shape index (κ2) is 7.72. The van der Waals surface area contributed by atoms with Crippen molar-refractivity contribution in [2.24, 2.45) is 11.8 Å². The standard InChI is InChI=1S/C17H26ClNS/c1-4-9-19-16-11-12(2)10-13(3)17(16)20-15-7-5-14(18)6-8-15/h5-8,12-13,16-17,19H,4,9-11H2,1-3H3. The molecule has 0 radical (unpaired) electrons. The SMILES string of the molecule is CCCNC1CC(C)CC(C)C1Sc1ccc(Cl)cc1. The van der Waals surface area contributed by atoms with E-state index in [4.69, 9.17) is 11.6 Å². The fourth-order valence-electron chi connectivity index (χ4n) is 3.23. The number of hydrogen-bond donors (Lipinski definition) is 1. The Morgan fingerprint density at radius 1 is 1.20 bits per heavy atom. The molecule has 0 aliphatic heterocycles. The van der Waals surface area contributed by atoms with Gasteiger partial charge in [0.1, 0.15) is 0 Å². The number of benzene rings is 1. The van der Waals surface area contributed by atoms with Gasteiger partial charge in [-0.25, -0.2) is 0 Å². The molecule has 1 aromatic carbocycles. The monoisotopic (exact) mass is 311 g/mol. The number of rotatable bonds is 5. The van der Waals surface area contributed by atoms with Gasteiger partial charge in [-0.3, -0.25) is 0 Å². The molecule has 0 bridgehead atoms. The molecule has 3 heteroatoms. The van der Waals surface area contributed by atoms with Crippen LogP contribution in [-0.4, -0.2) is 17.8 Å². The first-order valence-electron chi connectivity index (χ1n) is 7.75. The number of halogens is 1. The summed E-state index contributed by atoms with van der Waals surface area (Å²) in [6.07, 6.45) is 3.85. The van der Waals surface area contributed by atoms with Crippen LogP contribution in [0, 0.1) is 11.8 Å². The highest BCUT2D eigenvalue weighted by Gasteiger charge is 2.34. The van der Waals surface area contributed by atoms with Crippen LogP contribution >= 0.6 is 23.4 Å². The molecule has 4 atom stereocenters. The molecule has 1 aromatic rings. The maximum Gasteiger partial charge on any atom is 0.0406 e. The normalized spacial score (nSPS) is 30.4. The summed E-state index contributed by atoms with van der Waals surface area (Å²) < 4.78 is 0. The molecule has 112 valence electrons. The molecule has 0 aromatic heterocycles. The molecule has 1 aliphatic rings. The first kappa shape index (κ1) is 16.2. The summed E-state index contributed by atoms with van der Waals surface area (Å²) in [7, 11) is 0. The van der Waals surface area contributed by atoms with Gasteiger partial charge in [0, 0.05) is 21.2 Å². The number of thioether (sulfide) groups is 1. The molecular weight excluding hydrogens is 286 g/mol. The van der Waals surface area contributed by atoms with Crippen LogP contribution in [0.3, 0.4) is 0 Å². The van der Waals surface area contributed by atoms with E-state index in [9.17, 15) is 0 Å². The fraction of sp³-hybridized carbons (Fsp3) is 0.647. The van der Waals surface area contributed by atoms with Crippen molar-refractivity contribution in [1.82, 2.24) is 5.32 Å². The van der Waals surface area contributed by atoms with Gasteiger partial charge in [-0.1, -0.05) is 32.4 Å². The number of nitrogens with one attached hydrogen (secondary N) is 1. The van der Waals surface area contributed by atoms with Crippen LogP contribution in [0.4, 0.5) is 0 Å². The largest absolute Gasteiger partial charge is 0.313 e. The van der Waals surface area contributed by atoms with Crippen molar-refractivity contribution in [3.05, 3.63) is 29.3 Å². The van der Waals surface area contributed by atoms with Crippen LogP contribution in [0.25, 0.3) is 0 Å². The average molecular weight is 312 g/mol. The Bertz CT molecular complexity index is 406. The van der Waals surface area contributed by atoms with Gasteiger partial charge in [0.2, 0.25) is 0 Å². The Kier molecular flexibility index (Phi) is 6.25. The van der Waals surface area contributed by atoms with Gasteiger partial charge in [-0.05, 0) is 61.9 Å².